The Hall–Kier alpha value is -1.21. The fourth-order valence-corrected chi connectivity index (χ4v) is 4.57. The number of carboxylic acid groups (broad SMARTS) is 1. The third-order valence-electron chi connectivity index (χ3n) is 4.11. The molecular formula is C14H11ClF3N4NaO4S. The molecule has 8 nitrogen and oxygen atoms in total. The molecule has 2 unspecified atom stereocenters. The van der Waals surface area contributed by atoms with Gasteiger partial charge in [-0.15, -0.1) is 11.8 Å². The van der Waals surface area contributed by atoms with Crippen molar-refractivity contribution in [1.29, 1.82) is 0 Å². The predicted octanol–water partition coefficient (Wildman–Crippen LogP) is -2.87. The number of hydrogen-bond acceptors (Lipinski definition) is 6. The van der Waals surface area contributed by atoms with Crippen LogP contribution in [0.4, 0.5) is 13.2 Å². The summed E-state index contributed by atoms with van der Waals surface area (Å²) in [5.74, 6) is -2.99. The molecule has 28 heavy (non-hydrogen) atoms. The van der Waals surface area contributed by atoms with Gasteiger partial charge in [-0.1, -0.05) is 11.6 Å². The maximum Gasteiger partial charge on any atom is 1.00 e. The number of β-lactam (4-membered cyclic amide) rings is 1. The van der Waals surface area contributed by atoms with E-state index in [9.17, 15) is 32.7 Å². The van der Waals surface area contributed by atoms with Crippen molar-refractivity contribution >= 4 is 41.1 Å². The van der Waals surface area contributed by atoms with Gasteiger partial charge < -0.3 is 15.2 Å². The molecule has 14 heteroatoms. The molecule has 1 N–H and O–H groups in total. The van der Waals surface area contributed by atoms with Crippen LogP contribution in [0.25, 0.3) is 0 Å². The van der Waals surface area contributed by atoms with Crippen molar-refractivity contribution in [1.82, 2.24) is 20.0 Å². The molecule has 2 atom stereocenters. The van der Waals surface area contributed by atoms with Crippen molar-refractivity contribution in [2.45, 2.75) is 24.5 Å². The van der Waals surface area contributed by atoms with Gasteiger partial charge in [-0.3, -0.25) is 19.2 Å². The third kappa shape index (κ3) is 3.67. The molecule has 0 radical (unpaired) electrons. The summed E-state index contributed by atoms with van der Waals surface area (Å²) in [7, 11) is 0.985. The van der Waals surface area contributed by atoms with Gasteiger partial charge in [-0.05, 0) is 12.5 Å². The third-order valence-corrected chi connectivity index (χ3v) is 5.89. The molecule has 146 valence electrons. The Labute approximate surface area is 187 Å². The van der Waals surface area contributed by atoms with Crippen LogP contribution in [0.3, 0.4) is 0 Å². The van der Waals surface area contributed by atoms with Gasteiger partial charge in [0.15, 0.2) is 11.4 Å². The van der Waals surface area contributed by atoms with E-state index in [1.54, 1.807) is 6.92 Å². The number of carbonyl (C=O) groups excluding carboxylic acids is 3. The first-order valence-electron chi connectivity index (χ1n) is 7.41. The van der Waals surface area contributed by atoms with Gasteiger partial charge in [0.1, 0.15) is 16.4 Å². The van der Waals surface area contributed by atoms with E-state index in [1.165, 1.54) is 11.8 Å². The number of carboxylic acids is 1. The van der Waals surface area contributed by atoms with Gasteiger partial charge >= 0.3 is 35.7 Å². The molecule has 1 aromatic heterocycles. The minimum Gasteiger partial charge on any atom is -0.543 e. The Morgan fingerprint density at radius 3 is 2.50 bits per heavy atom. The first-order chi connectivity index (χ1) is 12.4. The standard InChI is InChI=1S/C14H12ClF3N4O4S.Na/c1-4-3-27-12-7(11(24)22(12)8(4)13(25)26)19-10(23)6-5(15)9(14(16,17)18)21(2)20-6;/h7,12H,3H2,1-2H3,(H,19,23)(H,25,26);/q;+1/p-1. The first kappa shape index (κ1) is 23.1. The van der Waals surface area contributed by atoms with Crippen LogP contribution in [-0.2, 0) is 22.8 Å². The molecule has 0 aromatic carbocycles. The van der Waals surface area contributed by atoms with Gasteiger partial charge in [-0.2, -0.15) is 18.3 Å². The number of carbonyl (C=O) groups is 3. The van der Waals surface area contributed by atoms with Crippen LogP contribution < -0.4 is 40.0 Å². The molecule has 0 saturated carbocycles. The number of aromatic nitrogens is 2. The van der Waals surface area contributed by atoms with Crippen LogP contribution in [0.1, 0.15) is 23.1 Å². The van der Waals surface area contributed by atoms with E-state index >= 15 is 0 Å². The Morgan fingerprint density at radius 2 is 2.00 bits per heavy atom. The molecule has 2 aliphatic heterocycles. The molecule has 2 amide bonds. The van der Waals surface area contributed by atoms with E-state index in [0.717, 1.165) is 11.9 Å². The predicted molar refractivity (Wildman–Crippen MR) is 85.3 cm³/mol. The van der Waals surface area contributed by atoms with E-state index in [0.29, 0.717) is 16.0 Å². The number of fused-ring (bicyclic) bond motifs is 1. The number of rotatable bonds is 3. The average molecular weight is 447 g/mol. The average Bonchev–Trinajstić information content (AvgIpc) is 2.86. The smallest absolute Gasteiger partial charge is 0.543 e. The normalized spacial score (nSPS) is 21.6. The SMILES string of the molecule is CC1=C(C(=O)[O-])N2C(=O)C(NC(=O)c3nn(C)c(C(F)(F)F)c3Cl)C2SC1.[Na+]. The minimum atomic E-state index is -4.81. The van der Waals surface area contributed by atoms with Crippen LogP contribution in [0.15, 0.2) is 11.3 Å². The Bertz CT molecular complexity index is 904. The number of amides is 2. The largest absolute Gasteiger partial charge is 1.00 e. The van der Waals surface area contributed by atoms with E-state index in [-0.39, 0.29) is 35.3 Å². The number of halogens is 4. The van der Waals surface area contributed by atoms with Crippen molar-refractivity contribution in [3.05, 3.63) is 27.7 Å². The number of hydrogen-bond donors (Lipinski definition) is 1. The second-order valence-electron chi connectivity index (χ2n) is 5.91. The number of aliphatic carboxylic acids is 1. The van der Waals surface area contributed by atoms with Gasteiger partial charge in [-0.25, -0.2) is 0 Å². The molecule has 3 rings (SSSR count). The maximum atomic E-state index is 13.0. The van der Waals surface area contributed by atoms with Crippen LogP contribution in [-0.4, -0.2) is 49.6 Å². The summed E-state index contributed by atoms with van der Waals surface area (Å²) in [5, 5.41) is 15.4. The minimum absolute atomic E-state index is 0. The molecule has 1 saturated heterocycles. The molecular weight excluding hydrogens is 436 g/mol. The van der Waals surface area contributed by atoms with Crippen LogP contribution in [0.2, 0.25) is 5.02 Å². The molecule has 0 aliphatic carbocycles. The van der Waals surface area contributed by atoms with E-state index in [2.05, 4.69) is 10.4 Å². The number of nitrogens with zero attached hydrogens (tertiary/aromatic N) is 3. The molecule has 0 bridgehead atoms. The van der Waals surface area contributed by atoms with E-state index < -0.39 is 51.8 Å². The number of aryl methyl sites for hydroxylation is 1. The maximum absolute atomic E-state index is 13.0. The van der Waals surface area contributed by atoms with E-state index in [4.69, 9.17) is 11.6 Å². The van der Waals surface area contributed by atoms with Crippen LogP contribution >= 0.6 is 23.4 Å². The molecule has 1 fully saturated rings. The van der Waals surface area contributed by atoms with Crippen LogP contribution in [0.5, 0.6) is 0 Å². The van der Waals surface area contributed by atoms with Gasteiger partial charge in [0.05, 0.1) is 11.7 Å². The van der Waals surface area contributed by atoms with Gasteiger partial charge in [0.25, 0.3) is 11.8 Å². The fourth-order valence-electron chi connectivity index (χ4n) is 2.92. The van der Waals surface area contributed by atoms with Crippen molar-refractivity contribution in [2.24, 2.45) is 7.05 Å². The zero-order valence-electron chi connectivity index (χ0n) is 14.8. The van der Waals surface area contributed by atoms with E-state index in [1.807, 2.05) is 0 Å². The molecule has 1 aromatic rings. The Kier molecular flexibility index (Phi) is 6.51. The monoisotopic (exact) mass is 446 g/mol. The number of nitrogens with one attached hydrogen (secondary N) is 1. The Balaban J connectivity index is 0.00000280. The Morgan fingerprint density at radius 1 is 1.39 bits per heavy atom. The van der Waals surface area contributed by atoms with Gasteiger partial charge in [0.2, 0.25) is 0 Å². The summed E-state index contributed by atoms with van der Waals surface area (Å²) in [6.07, 6.45) is -4.81. The second kappa shape index (κ2) is 7.90. The summed E-state index contributed by atoms with van der Waals surface area (Å²) in [4.78, 5) is 36.8. The van der Waals surface area contributed by atoms with Crippen molar-refractivity contribution in [2.75, 3.05) is 5.75 Å². The van der Waals surface area contributed by atoms with Crippen molar-refractivity contribution < 1.29 is 62.2 Å². The molecule has 0 spiro atoms. The summed E-state index contributed by atoms with van der Waals surface area (Å²) < 4.78 is 39.3. The summed E-state index contributed by atoms with van der Waals surface area (Å²) in [6.45, 7) is 1.54. The van der Waals surface area contributed by atoms with Crippen LogP contribution in [0, 0.1) is 0 Å². The topological polar surface area (TPSA) is 107 Å². The number of alkyl halides is 3. The first-order valence-corrected chi connectivity index (χ1v) is 8.84. The van der Waals surface area contributed by atoms with Gasteiger partial charge in [0, 0.05) is 12.8 Å². The summed E-state index contributed by atoms with van der Waals surface area (Å²) in [5.41, 5.74) is -1.78. The molecule has 3 heterocycles. The quantitative estimate of drug-likeness (QED) is 0.395. The fraction of sp³-hybridized carbons (Fsp3) is 0.429. The van der Waals surface area contributed by atoms with Crippen molar-refractivity contribution in [3.63, 3.8) is 0 Å². The summed E-state index contributed by atoms with van der Waals surface area (Å²) in [6, 6.07) is -1.11. The zero-order valence-corrected chi connectivity index (χ0v) is 18.3. The second-order valence-corrected chi connectivity index (χ2v) is 7.39. The summed E-state index contributed by atoms with van der Waals surface area (Å²) >= 11 is 6.86. The van der Waals surface area contributed by atoms with Crippen molar-refractivity contribution in [3.8, 4) is 0 Å². The number of thioether (sulfide) groups is 1. The molecule has 2 aliphatic rings. The zero-order chi connectivity index (χ0) is 20.3.